The minimum absolute atomic E-state index is 0.0800. The van der Waals surface area contributed by atoms with E-state index in [-0.39, 0.29) is 17.9 Å². The van der Waals surface area contributed by atoms with Gasteiger partial charge in [-0.1, -0.05) is 13.8 Å². The van der Waals surface area contributed by atoms with E-state index in [9.17, 15) is 9.59 Å². The second kappa shape index (κ2) is 5.12. The zero-order valence-electron chi connectivity index (χ0n) is 12.0. The molecule has 1 saturated heterocycles. The first-order chi connectivity index (χ1) is 8.84. The Kier molecular flexibility index (Phi) is 3.85. The van der Waals surface area contributed by atoms with Gasteiger partial charge in [-0.2, -0.15) is 0 Å². The summed E-state index contributed by atoms with van der Waals surface area (Å²) >= 11 is 0. The Morgan fingerprint density at radius 2 is 1.89 bits per heavy atom. The first-order valence-electron chi connectivity index (χ1n) is 7.09. The number of hydrogen-bond donors (Lipinski definition) is 2. The highest BCUT2D eigenvalue weighted by atomic mass is 16.4. The maximum Gasteiger partial charge on any atom is 0.307 e. The van der Waals surface area contributed by atoms with Gasteiger partial charge in [0, 0.05) is 12.6 Å². The molecule has 2 N–H and O–H groups in total. The van der Waals surface area contributed by atoms with Gasteiger partial charge >= 0.3 is 5.97 Å². The normalized spacial score (nSPS) is 30.9. The molecular weight excluding hydrogens is 244 g/mol. The van der Waals surface area contributed by atoms with Crippen LogP contribution in [0.2, 0.25) is 0 Å². The zero-order chi connectivity index (χ0) is 14.2. The Morgan fingerprint density at radius 3 is 2.37 bits per heavy atom. The number of carboxylic acids is 1. The van der Waals surface area contributed by atoms with E-state index in [1.807, 2.05) is 20.8 Å². The molecule has 1 aliphatic carbocycles. The number of nitrogens with one attached hydrogen (secondary N) is 1. The molecule has 2 aliphatic rings. The number of amides is 1. The van der Waals surface area contributed by atoms with Crippen LogP contribution in [0, 0.1) is 17.3 Å². The summed E-state index contributed by atoms with van der Waals surface area (Å²) in [5, 5.41) is 12.0. The summed E-state index contributed by atoms with van der Waals surface area (Å²) in [7, 11) is 0. The molecule has 0 aromatic carbocycles. The van der Waals surface area contributed by atoms with Crippen molar-refractivity contribution in [2.24, 2.45) is 17.3 Å². The molecule has 1 amide bonds. The lowest BCUT2D eigenvalue weighted by atomic mass is 10.1. The minimum atomic E-state index is -0.864. The Labute approximate surface area is 114 Å². The van der Waals surface area contributed by atoms with E-state index < -0.39 is 17.3 Å². The standard InChI is InChI=1S/C14H24N2O3/c1-9(8-16-6-4-5-7-16)15-12(17)10-11(13(18)19)14(10,2)3/h9-11H,4-8H2,1-3H3,(H,15,17)(H,18,19)/t9?,10-,11+/m1/s1. The van der Waals surface area contributed by atoms with Crippen molar-refractivity contribution in [1.29, 1.82) is 0 Å². The van der Waals surface area contributed by atoms with Crippen molar-refractivity contribution in [3.63, 3.8) is 0 Å². The number of rotatable bonds is 5. The number of carbonyl (C=O) groups excluding carboxylic acids is 1. The fourth-order valence-corrected chi connectivity index (χ4v) is 3.32. The van der Waals surface area contributed by atoms with Crippen LogP contribution >= 0.6 is 0 Å². The summed E-state index contributed by atoms with van der Waals surface area (Å²) in [4.78, 5) is 25.5. The zero-order valence-corrected chi connectivity index (χ0v) is 12.0. The van der Waals surface area contributed by atoms with Crippen LogP contribution in [0.3, 0.4) is 0 Å². The Bertz CT molecular complexity index is 375. The highest BCUT2D eigenvalue weighted by molar-refractivity contribution is 5.91. The molecule has 1 aliphatic heterocycles. The van der Waals surface area contributed by atoms with Crippen LogP contribution in [-0.4, -0.2) is 47.6 Å². The van der Waals surface area contributed by atoms with E-state index in [0.717, 1.165) is 19.6 Å². The van der Waals surface area contributed by atoms with E-state index in [4.69, 9.17) is 5.11 Å². The molecular formula is C14H24N2O3. The van der Waals surface area contributed by atoms with Crippen LogP contribution in [0.15, 0.2) is 0 Å². The maximum atomic E-state index is 12.1. The molecule has 1 unspecified atom stereocenters. The summed E-state index contributed by atoms with van der Waals surface area (Å²) in [6.07, 6.45) is 2.47. The predicted octanol–water partition coefficient (Wildman–Crippen LogP) is 0.944. The highest BCUT2D eigenvalue weighted by Gasteiger charge is 2.65. The lowest BCUT2D eigenvalue weighted by Gasteiger charge is -2.21. The third-order valence-corrected chi connectivity index (χ3v) is 4.50. The van der Waals surface area contributed by atoms with Gasteiger partial charge in [0.15, 0.2) is 0 Å². The largest absolute Gasteiger partial charge is 0.481 e. The average molecular weight is 268 g/mol. The van der Waals surface area contributed by atoms with Gasteiger partial charge in [0.25, 0.3) is 0 Å². The van der Waals surface area contributed by atoms with Crippen LogP contribution in [0.1, 0.15) is 33.6 Å². The van der Waals surface area contributed by atoms with Crippen molar-refractivity contribution in [3.05, 3.63) is 0 Å². The molecule has 1 heterocycles. The molecule has 1 saturated carbocycles. The summed E-state index contributed by atoms with van der Waals surface area (Å²) < 4.78 is 0. The van der Waals surface area contributed by atoms with Crippen LogP contribution in [0.4, 0.5) is 0 Å². The lowest BCUT2D eigenvalue weighted by Crippen LogP contribution is -2.42. The summed E-state index contributed by atoms with van der Waals surface area (Å²) in [6, 6.07) is 0.0800. The summed E-state index contributed by atoms with van der Waals surface area (Å²) in [5.41, 5.74) is -0.413. The van der Waals surface area contributed by atoms with Crippen molar-refractivity contribution >= 4 is 11.9 Å². The van der Waals surface area contributed by atoms with Gasteiger partial charge in [0.05, 0.1) is 11.8 Å². The molecule has 0 spiro atoms. The smallest absolute Gasteiger partial charge is 0.307 e. The number of likely N-dealkylation sites (tertiary alicyclic amines) is 1. The van der Waals surface area contributed by atoms with E-state index >= 15 is 0 Å². The fraction of sp³-hybridized carbons (Fsp3) is 0.857. The number of aliphatic carboxylic acids is 1. The van der Waals surface area contributed by atoms with E-state index in [1.54, 1.807) is 0 Å². The molecule has 19 heavy (non-hydrogen) atoms. The quantitative estimate of drug-likeness (QED) is 0.778. The molecule has 2 fully saturated rings. The number of carbonyl (C=O) groups is 2. The molecule has 0 aromatic rings. The Hall–Kier alpha value is -1.10. The van der Waals surface area contributed by atoms with Gasteiger partial charge in [-0.25, -0.2) is 0 Å². The van der Waals surface area contributed by atoms with Crippen LogP contribution in [0.5, 0.6) is 0 Å². The number of hydrogen-bond acceptors (Lipinski definition) is 3. The molecule has 5 nitrogen and oxygen atoms in total. The van der Waals surface area contributed by atoms with Crippen molar-refractivity contribution < 1.29 is 14.7 Å². The van der Waals surface area contributed by atoms with E-state index in [2.05, 4.69) is 10.2 Å². The maximum absolute atomic E-state index is 12.1. The summed E-state index contributed by atoms with van der Waals surface area (Å²) in [5.74, 6) is -1.89. The monoisotopic (exact) mass is 268 g/mol. The lowest BCUT2D eigenvalue weighted by molar-refractivity contribution is -0.140. The van der Waals surface area contributed by atoms with E-state index in [1.165, 1.54) is 12.8 Å². The van der Waals surface area contributed by atoms with Gasteiger partial charge in [-0.15, -0.1) is 0 Å². The van der Waals surface area contributed by atoms with Crippen molar-refractivity contribution in [2.75, 3.05) is 19.6 Å². The predicted molar refractivity (Wildman–Crippen MR) is 71.7 cm³/mol. The van der Waals surface area contributed by atoms with Crippen molar-refractivity contribution in [3.8, 4) is 0 Å². The number of carboxylic acid groups (broad SMARTS) is 1. The summed E-state index contributed by atoms with van der Waals surface area (Å²) in [6.45, 7) is 8.75. The molecule has 0 radical (unpaired) electrons. The molecule has 5 heteroatoms. The molecule has 0 aromatic heterocycles. The molecule has 0 bridgehead atoms. The Balaban J connectivity index is 1.82. The van der Waals surface area contributed by atoms with Crippen LogP contribution < -0.4 is 5.32 Å². The van der Waals surface area contributed by atoms with Crippen molar-refractivity contribution in [1.82, 2.24) is 10.2 Å². The van der Waals surface area contributed by atoms with Gasteiger partial charge < -0.3 is 15.3 Å². The third-order valence-electron chi connectivity index (χ3n) is 4.50. The van der Waals surface area contributed by atoms with Gasteiger partial charge in [0.2, 0.25) is 5.91 Å². The van der Waals surface area contributed by atoms with Crippen LogP contribution in [-0.2, 0) is 9.59 Å². The first kappa shape index (κ1) is 14.3. The third kappa shape index (κ3) is 2.91. The fourth-order valence-electron chi connectivity index (χ4n) is 3.32. The molecule has 2 rings (SSSR count). The second-order valence-corrected chi connectivity index (χ2v) is 6.53. The minimum Gasteiger partial charge on any atom is -0.481 e. The average Bonchev–Trinajstić information content (AvgIpc) is 2.66. The van der Waals surface area contributed by atoms with Gasteiger partial charge in [-0.3, -0.25) is 9.59 Å². The van der Waals surface area contributed by atoms with Crippen LogP contribution in [0.25, 0.3) is 0 Å². The number of nitrogens with zero attached hydrogens (tertiary/aromatic N) is 1. The molecule has 108 valence electrons. The SMILES string of the molecule is CC(CN1CCCC1)NC(=O)[C@H]1[C@@H](C(=O)O)C1(C)C. The van der Waals surface area contributed by atoms with E-state index in [0.29, 0.717) is 0 Å². The second-order valence-electron chi connectivity index (χ2n) is 6.53. The van der Waals surface area contributed by atoms with Gasteiger partial charge in [0.1, 0.15) is 0 Å². The van der Waals surface area contributed by atoms with Gasteiger partial charge in [-0.05, 0) is 38.3 Å². The van der Waals surface area contributed by atoms with Crippen molar-refractivity contribution in [2.45, 2.75) is 39.7 Å². The Morgan fingerprint density at radius 1 is 1.32 bits per heavy atom. The first-order valence-corrected chi connectivity index (χ1v) is 7.09. The molecule has 3 atom stereocenters. The highest BCUT2D eigenvalue weighted by Crippen LogP contribution is 2.58. The topological polar surface area (TPSA) is 69.6 Å².